The molecule has 3 N–H and O–H groups in total. The normalized spacial score (nSPS) is 13.7. The molecule has 0 radical (unpaired) electrons. The Hall–Kier alpha value is -2.13. The van der Waals surface area contributed by atoms with Gasteiger partial charge in [-0.3, -0.25) is 10.1 Å². The van der Waals surface area contributed by atoms with Gasteiger partial charge in [0.05, 0.1) is 0 Å². The molecule has 3 heteroatoms. The van der Waals surface area contributed by atoms with Crippen molar-refractivity contribution in [3.63, 3.8) is 0 Å². The molecular formula is C16H18N2O. The molecule has 2 aromatic rings. The second-order valence-electron chi connectivity index (χ2n) is 4.55. The molecule has 0 unspecified atom stereocenters. The van der Waals surface area contributed by atoms with E-state index in [-0.39, 0.29) is 11.9 Å². The Morgan fingerprint density at radius 2 is 1.42 bits per heavy atom. The molecule has 0 aliphatic rings. The largest absolute Gasteiger partial charge is 0.368 e. The summed E-state index contributed by atoms with van der Waals surface area (Å²) >= 11 is 0. The predicted octanol–water partition coefficient (Wildman–Crippen LogP) is 2.56. The van der Waals surface area contributed by atoms with Gasteiger partial charge >= 0.3 is 0 Å². The van der Waals surface area contributed by atoms with Gasteiger partial charge in [0.25, 0.3) is 0 Å². The molecule has 0 aromatic heterocycles. The van der Waals surface area contributed by atoms with Gasteiger partial charge in [-0.2, -0.15) is 0 Å². The molecule has 0 spiro atoms. The molecule has 98 valence electrons. The van der Waals surface area contributed by atoms with Crippen LogP contribution in [0.5, 0.6) is 0 Å². The Labute approximate surface area is 113 Å². The van der Waals surface area contributed by atoms with E-state index in [2.05, 4.69) is 5.32 Å². The minimum absolute atomic E-state index is 0.0545. The van der Waals surface area contributed by atoms with Crippen molar-refractivity contribution in [3.05, 3.63) is 71.8 Å². The Kier molecular flexibility index (Phi) is 4.31. The summed E-state index contributed by atoms with van der Waals surface area (Å²) in [6.07, 6.45) is 0. The van der Waals surface area contributed by atoms with E-state index in [1.54, 1.807) is 0 Å². The first-order chi connectivity index (χ1) is 9.18. The summed E-state index contributed by atoms with van der Waals surface area (Å²) in [6.45, 7) is 2.02. The second-order valence-corrected chi connectivity index (χ2v) is 4.55. The van der Waals surface area contributed by atoms with Crippen molar-refractivity contribution < 1.29 is 4.79 Å². The Bertz CT molecular complexity index is 525. The van der Waals surface area contributed by atoms with E-state index in [1.807, 2.05) is 67.6 Å². The highest BCUT2D eigenvalue weighted by Crippen LogP contribution is 2.19. The van der Waals surface area contributed by atoms with Crippen LogP contribution in [-0.4, -0.2) is 5.91 Å². The Morgan fingerprint density at radius 1 is 0.947 bits per heavy atom. The minimum Gasteiger partial charge on any atom is -0.368 e. The van der Waals surface area contributed by atoms with E-state index in [4.69, 9.17) is 5.73 Å². The third-order valence-electron chi connectivity index (χ3n) is 3.13. The predicted molar refractivity (Wildman–Crippen MR) is 76.4 cm³/mol. The Morgan fingerprint density at radius 3 is 1.89 bits per heavy atom. The maximum Gasteiger partial charge on any atom is 0.239 e. The average molecular weight is 254 g/mol. The summed E-state index contributed by atoms with van der Waals surface area (Å²) in [5.41, 5.74) is 7.51. The molecule has 0 saturated carbocycles. The number of nitrogens with two attached hydrogens (primary N) is 1. The minimum atomic E-state index is -0.476. The van der Waals surface area contributed by atoms with E-state index < -0.39 is 6.04 Å². The fourth-order valence-electron chi connectivity index (χ4n) is 2.08. The second kappa shape index (κ2) is 6.16. The fraction of sp³-hybridized carbons (Fsp3) is 0.188. The summed E-state index contributed by atoms with van der Waals surface area (Å²) in [5, 5.41) is 3.27. The molecule has 19 heavy (non-hydrogen) atoms. The molecule has 0 aliphatic carbocycles. The average Bonchev–Trinajstić information content (AvgIpc) is 2.46. The van der Waals surface area contributed by atoms with Crippen molar-refractivity contribution in [2.75, 3.05) is 0 Å². The van der Waals surface area contributed by atoms with Gasteiger partial charge < -0.3 is 5.73 Å². The summed E-state index contributed by atoms with van der Waals surface area (Å²) < 4.78 is 0. The highest BCUT2D eigenvalue weighted by Gasteiger charge is 2.19. The van der Waals surface area contributed by atoms with Gasteiger partial charge in [0, 0.05) is 6.04 Å². The number of carbonyl (C=O) groups excluding carboxylic acids is 1. The lowest BCUT2D eigenvalue weighted by atomic mass is 10.0. The van der Waals surface area contributed by atoms with Gasteiger partial charge in [-0.1, -0.05) is 60.7 Å². The lowest BCUT2D eigenvalue weighted by Crippen LogP contribution is -2.35. The van der Waals surface area contributed by atoms with Crippen LogP contribution in [0.2, 0.25) is 0 Å². The number of carbonyl (C=O) groups is 1. The summed E-state index contributed by atoms with van der Waals surface area (Å²) in [5.74, 6) is -0.367. The number of hydrogen-bond donors (Lipinski definition) is 2. The number of amides is 1. The van der Waals surface area contributed by atoms with Crippen molar-refractivity contribution in [3.8, 4) is 0 Å². The van der Waals surface area contributed by atoms with Crippen molar-refractivity contribution in [2.24, 2.45) is 5.73 Å². The first kappa shape index (κ1) is 13.3. The SMILES string of the molecule is C[C@@H](N[C@H](C(N)=O)c1ccccc1)c1ccccc1. The summed E-state index contributed by atoms with van der Waals surface area (Å²) in [4.78, 5) is 11.6. The molecule has 2 atom stereocenters. The van der Waals surface area contributed by atoms with Crippen LogP contribution in [0.1, 0.15) is 30.1 Å². The molecule has 0 aliphatic heterocycles. The van der Waals surface area contributed by atoms with Crippen LogP contribution in [0.3, 0.4) is 0 Å². The van der Waals surface area contributed by atoms with Gasteiger partial charge in [0.2, 0.25) is 5.91 Å². The van der Waals surface area contributed by atoms with Gasteiger partial charge in [-0.25, -0.2) is 0 Å². The van der Waals surface area contributed by atoms with Crippen LogP contribution < -0.4 is 11.1 Å². The van der Waals surface area contributed by atoms with Gasteiger partial charge in [0.15, 0.2) is 0 Å². The molecule has 0 bridgehead atoms. The number of primary amides is 1. The fourth-order valence-corrected chi connectivity index (χ4v) is 2.08. The molecule has 2 rings (SSSR count). The summed E-state index contributed by atoms with van der Waals surface area (Å²) in [7, 11) is 0. The van der Waals surface area contributed by atoms with Gasteiger partial charge in [-0.15, -0.1) is 0 Å². The first-order valence-electron chi connectivity index (χ1n) is 6.33. The van der Waals surface area contributed by atoms with Crippen molar-refractivity contribution in [1.29, 1.82) is 0 Å². The van der Waals surface area contributed by atoms with Crippen molar-refractivity contribution in [2.45, 2.75) is 19.0 Å². The molecular weight excluding hydrogens is 236 g/mol. The highest BCUT2D eigenvalue weighted by molar-refractivity contribution is 5.81. The molecule has 0 fully saturated rings. The first-order valence-corrected chi connectivity index (χ1v) is 6.33. The van der Waals surface area contributed by atoms with E-state index in [9.17, 15) is 4.79 Å². The van der Waals surface area contributed by atoms with Crippen LogP contribution in [-0.2, 0) is 4.79 Å². The third kappa shape index (κ3) is 3.42. The van der Waals surface area contributed by atoms with Crippen LogP contribution in [0.4, 0.5) is 0 Å². The quantitative estimate of drug-likeness (QED) is 0.861. The maximum atomic E-state index is 11.6. The standard InChI is InChI=1S/C16H18N2O/c1-12(13-8-4-2-5-9-13)18-15(16(17)19)14-10-6-3-7-11-14/h2-12,15,18H,1H3,(H2,17,19)/t12-,15+/m1/s1. The van der Waals surface area contributed by atoms with E-state index in [0.717, 1.165) is 11.1 Å². The molecule has 0 heterocycles. The highest BCUT2D eigenvalue weighted by atomic mass is 16.1. The molecule has 0 saturated heterocycles. The van der Waals surface area contributed by atoms with E-state index in [0.29, 0.717) is 0 Å². The third-order valence-corrected chi connectivity index (χ3v) is 3.13. The van der Waals surface area contributed by atoms with Crippen LogP contribution >= 0.6 is 0 Å². The number of hydrogen-bond acceptors (Lipinski definition) is 2. The van der Waals surface area contributed by atoms with Gasteiger partial charge in [-0.05, 0) is 18.1 Å². The monoisotopic (exact) mass is 254 g/mol. The van der Waals surface area contributed by atoms with Crippen molar-refractivity contribution >= 4 is 5.91 Å². The van der Waals surface area contributed by atoms with Crippen LogP contribution in [0.15, 0.2) is 60.7 Å². The van der Waals surface area contributed by atoms with Crippen LogP contribution in [0.25, 0.3) is 0 Å². The van der Waals surface area contributed by atoms with Crippen LogP contribution in [0, 0.1) is 0 Å². The summed E-state index contributed by atoms with van der Waals surface area (Å²) in [6, 6.07) is 19.1. The van der Waals surface area contributed by atoms with E-state index >= 15 is 0 Å². The molecule has 3 nitrogen and oxygen atoms in total. The topological polar surface area (TPSA) is 55.1 Å². The van der Waals surface area contributed by atoms with E-state index in [1.165, 1.54) is 0 Å². The van der Waals surface area contributed by atoms with Gasteiger partial charge in [0.1, 0.15) is 6.04 Å². The van der Waals surface area contributed by atoms with Crippen molar-refractivity contribution in [1.82, 2.24) is 5.32 Å². The lowest BCUT2D eigenvalue weighted by Gasteiger charge is -2.21. The zero-order valence-corrected chi connectivity index (χ0v) is 10.9. The lowest BCUT2D eigenvalue weighted by molar-refractivity contribution is -0.120. The zero-order valence-electron chi connectivity index (χ0n) is 10.9. The number of benzene rings is 2. The molecule has 1 amide bonds. The molecule has 2 aromatic carbocycles. The zero-order chi connectivity index (χ0) is 13.7. The number of nitrogens with one attached hydrogen (secondary N) is 1. The maximum absolute atomic E-state index is 11.6. The number of rotatable bonds is 5. The Balaban J connectivity index is 2.16. The smallest absolute Gasteiger partial charge is 0.239 e.